The maximum Gasteiger partial charge on any atom is 0.407 e. The average molecular weight is 308 g/mol. The van der Waals surface area contributed by atoms with Crippen LogP contribution in [0.15, 0.2) is 23.1 Å². The van der Waals surface area contributed by atoms with E-state index >= 15 is 0 Å². The molecule has 0 spiro atoms. The van der Waals surface area contributed by atoms with Crippen molar-refractivity contribution in [3.05, 3.63) is 29.0 Å². The van der Waals surface area contributed by atoms with Gasteiger partial charge in [-0.15, -0.1) is 0 Å². The van der Waals surface area contributed by atoms with E-state index in [2.05, 4.69) is 0 Å². The molecule has 1 saturated heterocycles. The van der Waals surface area contributed by atoms with E-state index in [1.165, 1.54) is 0 Å². The maximum absolute atomic E-state index is 12.9. The van der Waals surface area contributed by atoms with Crippen LogP contribution in [0.4, 0.5) is 9.18 Å². The number of halogens is 2. The largest absolute Gasteiger partial charge is 0.465 e. The van der Waals surface area contributed by atoms with Crippen molar-refractivity contribution >= 4 is 27.5 Å². The van der Waals surface area contributed by atoms with Crippen LogP contribution in [0.1, 0.15) is 6.42 Å². The predicted octanol–water partition coefficient (Wildman–Crippen LogP) is 2.01. The molecule has 1 fully saturated rings. The molecule has 19 heavy (non-hydrogen) atoms. The Morgan fingerprint density at radius 1 is 1.47 bits per heavy atom. The van der Waals surface area contributed by atoms with Gasteiger partial charge in [-0.1, -0.05) is 11.6 Å². The first kappa shape index (κ1) is 14.1. The second-order valence-corrected chi connectivity index (χ2v) is 6.86. The Bertz CT molecular complexity index is 619. The van der Waals surface area contributed by atoms with Crippen LogP contribution in [0.25, 0.3) is 0 Å². The Morgan fingerprint density at radius 2 is 2.16 bits per heavy atom. The second-order valence-electron chi connectivity index (χ2n) is 4.26. The first-order chi connectivity index (χ1) is 8.82. The molecule has 104 valence electrons. The summed E-state index contributed by atoms with van der Waals surface area (Å²) in [5.41, 5.74) is 0. The molecule has 1 heterocycles. The molecule has 1 N–H and O–H groups in total. The summed E-state index contributed by atoms with van der Waals surface area (Å²) in [6, 6.07) is 3.05. The van der Waals surface area contributed by atoms with Crippen molar-refractivity contribution < 1.29 is 22.7 Å². The van der Waals surface area contributed by atoms with Crippen molar-refractivity contribution in [2.24, 2.45) is 0 Å². The number of rotatable bonds is 2. The molecular weight excluding hydrogens is 297 g/mol. The fourth-order valence-electron chi connectivity index (χ4n) is 2.04. The Kier molecular flexibility index (Phi) is 3.69. The second kappa shape index (κ2) is 4.97. The first-order valence-electron chi connectivity index (χ1n) is 5.49. The third kappa shape index (κ3) is 2.66. The lowest BCUT2D eigenvalue weighted by molar-refractivity contribution is 0.156. The highest BCUT2D eigenvalue weighted by atomic mass is 35.5. The van der Waals surface area contributed by atoms with Crippen molar-refractivity contribution in [2.45, 2.75) is 16.6 Å². The number of nitrogens with zero attached hydrogens (tertiary/aromatic N) is 1. The number of carboxylic acid groups (broad SMARTS) is 1. The van der Waals surface area contributed by atoms with E-state index < -0.39 is 27.0 Å². The lowest BCUT2D eigenvalue weighted by atomic mass is 10.3. The SMILES string of the molecule is O=C(O)N1CC[C@H](S(=O)(=O)c2ccc(F)cc2Cl)C1. The normalized spacial score (nSPS) is 19.7. The summed E-state index contributed by atoms with van der Waals surface area (Å²) in [6.07, 6.45) is -0.939. The van der Waals surface area contributed by atoms with Crippen molar-refractivity contribution in [1.29, 1.82) is 0 Å². The van der Waals surface area contributed by atoms with Gasteiger partial charge in [-0.05, 0) is 24.6 Å². The summed E-state index contributed by atoms with van der Waals surface area (Å²) in [6.45, 7) is 0.0728. The molecule has 0 bridgehead atoms. The summed E-state index contributed by atoms with van der Waals surface area (Å²) < 4.78 is 37.5. The predicted molar refractivity (Wildman–Crippen MR) is 66.6 cm³/mol. The average Bonchev–Trinajstić information content (AvgIpc) is 2.78. The Labute approximate surface area is 114 Å². The van der Waals surface area contributed by atoms with E-state index in [9.17, 15) is 17.6 Å². The smallest absolute Gasteiger partial charge is 0.407 e. The number of hydrogen-bond acceptors (Lipinski definition) is 3. The van der Waals surface area contributed by atoms with Gasteiger partial charge in [-0.3, -0.25) is 0 Å². The van der Waals surface area contributed by atoms with Crippen molar-refractivity contribution in [1.82, 2.24) is 4.90 Å². The van der Waals surface area contributed by atoms with E-state index in [0.29, 0.717) is 0 Å². The number of benzene rings is 1. The summed E-state index contributed by atoms with van der Waals surface area (Å²) in [5, 5.41) is 7.79. The van der Waals surface area contributed by atoms with E-state index in [-0.39, 0.29) is 29.4 Å². The van der Waals surface area contributed by atoms with Crippen molar-refractivity contribution in [2.75, 3.05) is 13.1 Å². The minimum absolute atomic E-state index is 0.0919. The minimum Gasteiger partial charge on any atom is -0.465 e. The lowest BCUT2D eigenvalue weighted by Gasteiger charge is -2.14. The van der Waals surface area contributed by atoms with Crippen LogP contribution in [0.3, 0.4) is 0 Å². The Balaban J connectivity index is 2.31. The number of likely N-dealkylation sites (tertiary alicyclic amines) is 1. The van der Waals surface area contributed by atoms with E-state index in [0.717, 1.165) is 23.1 Å². The zero-order chi connectivity index (χ0) is 14.2. The maximum atomic E-state index is 12.9. The number of sulfone groups is 1. The molecule has 1 aromatic carbocycles. The molecule has 0 aliphatic carbocycles. The molecule has 0 unspecified atom stereocenters. The van der Waals surface area contributed by atoms with Crippen LogP contribution in [-0.2, 0) is 9.84 Å². The van der Waals surface area contributed by atoms with E-state index in [1.807, 2.05) is 0 Å². The topological polar surface area (TPSA) is 74.7 Å². The molecule has 8 heteroatoms. The van der Waals surface area contributed by atoms with Gasteiger partial charge in [0.15, 0.2) is 9.84 Å². The number of carbonyl (C=O) groups is 1. The summed E-state index contributed by atoms with van der Waals surface area (Å²) in [5.74, 6) is -0.623. The van der Waals surface area contributed by atoms with Gasteiger partial charge in [-0.2, -0.15) is 0 Å². The van der Waals surface area contributed by atoms with Gasteiger partial charge in [-0.25, -0.2) is 17.6 Å². The Morgan fingerprint density at radius 3 is 2.68 bits per heavy atom. The van der Waals surface area contributed by atoms with Crippen LogP contribution in [0, 0.1) is 5.82 Å². The third-order valence-corrected chi connectivity index (χ3v) is 5.71. The quantitative estimate of drug-likeness (QED) is 0.848. The summed E-state index contributed by atoms with van der Waals surface area (Å²) >= 11 is 5.74. The Hall–Kier alpha value is -1.34. The van der Waals surface area contributed by atoms with Gasteiger partial charge in [0.2, 0.25) is 0 Å². The molecule has 1 amide bonds. The zero-order valence-electron chi connectivity index (χ0n) is 9.71. The van der Waals surface area contributed by atoms with Gasteiger partial charge < -0.3 is 10.0 Å². The van der Waals surface area contributed by atoms with Crippen LogP contribution >= 0.6 is 11.6 Å². The van der Waals surface area contributed by atoms with E-state index in [4.69, 9.17) is 16.7 Å². The lowest BCUT2D eigenvalue weighted by Crippen LogP contribution is -2.30. The van der Waals surface area contributed by atoms with Gasteiger partial charge in [0.25, 0.3) is 0 Å². The molecule has 1 aliphatic rings. The summed E-state index contributed by atoms with van der Waals surface area (Å²) in [4.78, 5) is 11.7. The van der Waals surface area contributed by atoms with Gasteiger partial charge >= 0.3 is 6.09 Å². The molecule has 1 atom stereocenters. The standard InChI is InChI=1S/C11H11ClFNO4S/c12-9-5-7(13)1-2-10(9)19(17,18)8-3-4-14(6-8)11(15)16/h1-2,5,8H,3-4,6H2,(H,15,16)/t8-/m0/s1. The third-order valence-electron chi connectivity index (χ3n) is 3.05. The van der Waals surface area contributed by atoms with Gasteiger partial charge in [0.05, 0.1) is 15.2 Å². The van der Waals surface area contributed by atoms with Crippen LogP contribution in [-0.4, -0.2) is 42.9 Å². The highest BCUT2D eigenvalue weighted by Gasteiger charge is 2.37. The molecule has 1 aromatic rings. The molecular formula is C11H11ClFNO4S. The van der Waals surface area contributed by atoms with Crippen LogP contribution < -0.4 is 0 Å². The molecule has 0 saturated carbocycles. The van der Waals surface area contributed by atoms with Crippen molar-refractivity contribution in [3.63, 3.8) is 0 Å². The number of amides is 1. The number of hydrogen-bond donors (Lipinski definition) is 1. The summed E-state index contributed by atoms with van der Waals surface area (Å²) in [7, 11) is -3.76. The zero-order valence-corrected chi connectivity index (χ0v) is 11.3. The molecule has 2 rings (SSSR count). The van der Waals surface area contributed by atoms with Gasteiger partial charge in [0.1, 0.15) is 5.82 Å². The fraction of sp³-hybridized carbons (Fsp3) is 0.364. The molecule has 1 aliphatic heterocycles. The molecule has 0 aromatic heterocycles. The monoisotopic (exact) mass is 307 g/mol. The van der Waals surface area contributed by atoms with E-state index in [1.54, 1.807) is 0 Å². The first-order valence-corrected chi connectivity index (χ1v) is 7.41. The highest BCUT2D eigenvalue weighted by Crippen LogP contribution is 2.29. The minimum atomic E-state index is -3.76. The molecule has 5 nitrogen and oxygen atoms in total. The van der Waals surface area contributed by atoms with Crippen LogP contribution in [0.2, 0.25) is 5.02 Å². The van der Waals surface area contributed by atoms with Crippen molar-refractivity contribution in [3.8, 4) is 0 Å². The highest BCUT2D eigenvalue weighted by molar-refractivity contribution is 7.92. The fourth-order valence-corrected chi connectivity index (χ4v) is 4.27. The molecule has 0 radical (unpaired) electrons. The van der Waals surface area contributed by atoms with Crippen LogP contribution in [0.5, 0.6) is 0 Å². The van der Waals surface area contributed by atoms with Gasteiger partial charge in [0, 0.05) is 13.1 Å².